The molecule has 0 heterocycles. The van der Waals surface area contributed by atoms with Crippen molar-refractivity contribution in [2.75, 3.05) is 11.6 Å². The monoisotopic (exact) mass is 325 g/mol. The predicted octanol–water partition coefficient (Wildman–Crippen LogP) is 4.92. The van der Waals surface area contributed by atoms with Crippen LogP contribution in [0.2, 0.25) is 0 Å². The van der Waals surface area contributed by atoms with E-state index < -0.39 is 0 Å². The quantitative estimate of drug-likeness (QED) is 0.800. The van der Waals surface area contributed by atoms with Crippen molar-refractivity contribution in [3.05, 3.63) is 58.3 Å². The lowest BCUT2D eigenvalue weighted by Crippen LogP contribution is -2.01. The Hall–Kier alpha value is -1.00. The number of thioether (sulfide) groups is 1. The van der Waals surface area contributed by atoms with Gasteiger partial charge < -0.3 is 5.32 Å². The maximum Gasteiger partial charge on any atom is 0.147 e. The maximum absolute atomic E-state index is 13.6. The second kappa shape index (κ2) is 6.25. The fourth-order valence-corrected chi connectivity index (χ4v) is 2.31. The van der Waals surface area contributed by atoms with Gasteiger partial charge in [-0.15, -0.1) is 11.8 Å². The van der Waals surface area contributed by atoms with E-state index in [1.165, 1.54) is 11.0 Å². The molecule has 0 fully saturated rings. The van der Waals surface area contributed by atoms with Crippen LogP contribution < -0.4 is 5.32 Å². The highest BCUT2D eigenvalue weighted by Gasteiger charge is 2.02. The third-order valence-corrected chi connectivity index (χ3v) is 3.81. The lowest BCUT2D eigenvalue weighted by Gasteiger charge is -2.08. The first-order chi connectivity index (χ1) is 8.69. The highest BCUT2D eigenvalue weighted by molar-refractivity contribution is 9.10. The topological polar surface area (TPSA) is 12.0 Å². The summed E-state index contributed by atoms with van der Waals surface area (Å²) in [6.07, 6.45) is 2.05. The standard InChI is InChI=1S/C14H13BrFNS/c1-18-12-5-2-10(3-6-12)9-17-14-7-4-11(15)8-13(14)16/h2-8,17H,9H2,1H3. The van der Waals surface area contributed by atoms with Crippen molar-refractivity contribution in [3.8, 4) is 0 Å². The van der Waals surface area contributed by atoms with Gasteiger partial charge in [0.2, 0.25) is 0 Å². The van der Waals surface area contributed by atoms with Gasteiger partial charge in [0, 0.05) is 15.9 Å². The Labute approximate surface area is 119 Å². The second-order valence-electron chi connectivity index (χ2n) is 3.83. The third-order valence-electron chi connectivity index (χ3n) is 2.57. The lowest BCUT2D eigenvalue weighted by atomic mass is 10.2. The number of anilines is 1. The first kappa shape index (κ1) is 13.4. The van der Waals surface area contributed by atoms with Crippen LogP contribution in [0, 0.1) is 5.82 Å². The Kier molecular flexibility index (Phi) is 4.66. The van der Waals surface area contributed by atoms with E-state index in [0.717, 1.165) is 10.0 Å². The van der Waals surface area contributed by atoms with E-state index in [-0.39, 0.29) is 5.82 Å². The molecule has 0 atom stereocenters. The third kappa shape index (κ3) is 3.50. The van der Waals surface area contributed by atoms with Gasteiger partial charge in [-0.2, -0.15) is 0 Å². The van der Waals surface area contributed by atoms with E-state index in [1.807, 2.05) is 12.3 Å². The average Bonchev–Trinajstić information content (AvgIpc) is 2.38. The minimum atomic E-state index is -0.245. The summed E-state index contributed by atoms with van der Waals surface area (Å²) in [5.41, 5.74) is 1.65. The number of halogens is 2. The summed E-state index contributed by atoms with van der Waals surface area (Å²) in [6, 6.07) is 13.3. The Morgan fingerprint density at radius 3 is 2.50 bits per heavy atom. The van der Waals surface area contributed by atoms with Gasteiger partial charge in [-0.05, 0) is 42.2 Å². The van der Waals surface area contributed by atoms with Gasteiger partial charge >= 0.3 is 0 Å². The molecule has 0 unspecified atom stereocenters. The molecule has 4 heteroatoms. The minimum Gasteiger partial charge on any atom is -0.379 e. The molecule has 94 valence electrons. The van der Waals surface area contributed by atoms with Crippen LogP contribution in [0.5, 0.6) is 0 Å². The minimum absolute atomic E-state index is 0.245. The summed E-state index contributed by atoms with van der Waals surface area (Å²) in [5, 5.41) is 3.09. The number of nitrogens with one attached hydrogen (secondary N) is 1. The molecule has 2 aromatic rings. The molecule has 2 aromatic carbocycles. The van der Waals surface area contributed by atoms with Crippen molar-refractivity contribution in [2.24, 2.45) is 0 Å². The molecule has 0 radical (unpaired) electrons. The van der Waals surface area contributed by atoms with E-state index in [0.29, 0.717) is 12.2 Å². The van der Waals surface area contributed by atoms with Gasteiger partial charge in [0.1, 0.15) is 5.82 Å². The normalized spacial score (nSPS) is 10.4. The van der Waals surface area contributed by atoms with Crippen molar-refractivity contribution in [1.82, 2.24) is 0 Å². The molecule has 0 aliphatic carbocycles. The van der Waals surface area contributed by atoms with Gasteiger partial charge in [0.05, 0.1) is 5.69 Å². The molecule has 0 bridgehead atoms. The number of hydrogen-bond donors (Lipinski definition) is 1. The van der Waals surface area contributed by atoms with E-state index in [2.05, 4.69) is 45.5 Å². The summed E-state index contributed by atoms with van der Waals surface area (Å²) in [6.45, 7) is 0.618. The Bertz CT molecular complexity index is 528. The molecule has 1 N–H and O–H groups in total. The maximum atomic E-state index is 13.6. The highest BCUT2D eigenvalue weighted by atomic mass is 79.9. The molecule has 0 amide bonds. The van der Waals surface area contributed by atoms with Crippen LogP contribution >= 0.6 is 27.7 Å². The second-order valence-corrected chi connectivity index (χ2v) is 5.62. The first-order valence-corrected chi connectivity index (χ1v) is 7.52. The zero-order valence-corrected chi connectivity index (χ0v) is 12.3. The zero-order chi connectivity index (χ0) is 13.0. The molecule has 0 saturated carbocycles. The Morgan fingerprint density at radius 2 is 1.89 bits per heavy atom. The average molecular weight is 326 g/mol. The van der Waals surface area contributed by atoms with Crippen molar-refractivity contribution in [2.45, 2.75) is 11.4 Å². The van der Waals surface area contributed by atoms with E-state index in [9.17, 15) is 4.39 Å². The number of hydrogen-bond acceptors (Lipinski definition) is 2. The van der Waals surface area contributed by atoms with Crippen LogP contribution in [0.4, 0.5) is 10.1 Å². The summed E-state index contributed by atoms with van der Waals surface area (Å²) in [7, 11) is 0. The Morgan fingerprint density at radius 1 is 1.17 bits per heavy atom. The summed E-state index contributed by atoms with van der Waals surface area (Å²) >= 11 is 4.95. The summed E-state index contributed by atoms with van der Waals surface area (Å²) < 4.78 is 14.3. The van der Waals surface area contributed by atoms with Gasteiger partial charge in [-0.3, -0.25) is 0 Å². The van der Waals surface area contributed by atoms with Crippen molar-refractivity contribution >= 4 is 33.4 Å². The Balaban J connectivity index is 2.02. The van der Waals surface area contributed by atoms with E-state index in [4.69, 9.17) is 0 Å². The van der Waals surface area contributed by atoms with Crippen LogP contribution in [0.3, 0.4) is 0 Å². The smallest absolute Gasteiger partial charge is 0.147 e. The number of rotatable bonds is 4. The van der Waals surface area contributed by atoms with Crippen molar-refractivity contribution in [3.63, 3.8) is 0 Å². The molecular weight excluding hydrogens is 313 g/mol. The molecule has 0 spiro atoms. The SMILES string of the molecule is CSc1ccc(CNc2ccc(Br)cc2F)cc1. The molecule has 1 nitrogen and oxygen atoms in total. The van der Waals surface area contributed by atoms with Gasteiger partial charge in [-0.1, -0.05) is 28.1 Å². The van der Waals surface area contributed by atoms with Crippen LogP contribution in [0.1, 0.15) is 5.56 Å². The van der Waals surface area contributed by atoms with Gasteiger partial charge in [0.15, 0.2) is 0 Å². The molecule has 0 aliphatic heterocycles. The lowest BCUT2D eigenvalue weighted by molar-refractivity contribution is 0.629. The van der Waals surface area contributed by atoms with Gasteiger partial charge in [0.25, 0.3) is 0 Å². The summed E-state index contributed by atoms with van der Waals surface area (Å²) in [4.78, 5) is 1.23. The van der Waals surface area contributed by atoms with Crippen molar-refractivity contribution < 1.29 is 4.39 Å². The molecule has 0 aromatic heterocycles. The fourth-order valence-electron chi connectivity index (χ4n) is 1.57. The largest absolute Gasteiger partial charge is 0.379 e. The van der Waals surface area contributed by atoms with Gasteiger partial charge in [-0.25, -0.2) is 4.39 Å². The number of benzene rings is 2. The first-order valence-electron chi connectivity index (χ1n) is 5.51. The molecule has 0 aliphatic rings. The molecule has 0 saturated heterocycles. The van der Waals surface area contributed by atoms with Crippen LogP contribution in [-0.2, 0) is 6.54 Å². The van der Waals surface area contributed by atoms with Crippen LogP contribution in [0.25, 0.3) is 0 Å². The molecule has 2 rings (SSSR count). The van der Waals surface area contributed by atoms with E-state index >= 15 is 0 Å². The summed E-state index contributed by atoms with van der Waals surface area (Å²) in [5.74, 6) is -0.245. The zero-order valence-electron chi connectivity index (χ0n) is 9.91. The molecular formula is C14H13BrFNS. The van der Waals surface area contributed by atoms with Crippen molar-refractivity contribution in [1.29, 1.82) is 0 Å². The predicted molar refractivity (Wildman–Crippen MR) is 79.6 cm³/mol. The highest BCUT2D eigenvalue weighted by Crippen LogP contribution is 2.20. The van der Waals surface area contributed by atoms with Crippen LogP contribution in [-0.4, -0.2) is 6.26 Å². The fraction of sp³-hybridized carbons (Fsp3) is 0.143. The van der Waals surface area contributed by atoms with Crippen LogP contribution in [0.15, 0.2) is 51.8 Å². The molecule has 18 heavy (non-hydrogen) atoms. The van der Waals surface area contributed by atoms with E-state index in [1.54, 1.807) is 17.8 Å².